The Morgan fingerprint density at radius 1 is 1.00 bits per heavy atom. The van der Waals surface area contributed by atoms with Gasteiger partial charge in [-0.1, -0.05) is 33.8 Å². The van der Waals surface area contributed by atoms with Gasteiger partial charge in [-0.05, 0) is 56.0 Å². The predicted molar refractivity (Wildman–Crippen MR) is 127 cm³/mol. The summed E-state index contributed by atoms with van der Waals surface area (Å²) >= 11 is 0. The third-order valence-corrected chi connectivity index (χ3v) is 5.34. The van der Waals surface area contributed by atoms with Gasteiger partial charge < -0.3 is 15.7 Å². The number of anilines is 3. The number of rotatable bonds is 6. The second-order valence-corrected chi connectivity index (χ2v) is 7.35. The van der Waals surface area contributed by atoms with Crippen molar-refractivity contribution in [2.45, 2.75) is 60.0 Å². The van der Waals surface area contributed by atoms with E-state index in [1.165, 1.54) is 31.0 Å². The maximum atomic E-state index is 13.7. The van der Waals surface area contributed by atoms with E-state index in [0.29, 0.717) is 11.1 Å². The molecule has 0 spiro atoms. The molecule has 2 aromatic rings. The number of halogens is 3. The molecule has 1 unspecified atom stereocenters. The van der Waals surface area contributed by atoms with E-state index < -0.39 is 17.5 Å². The van der Waals surface area contributed by atoms with E-state index in [1.807, 2.05) is 27.7 Å². The molecule has 33 heavy (non-hydrogen) atoms. The largest absolute Gasteiger partial charge is 0.396 e. The summed E-state index contributed by atoms with van der Waals surface area (Å²) < 4.78 is 40.7. The lowest BCUT2D eigenvalue weighted by Gasteiger charge is -2.31. The summed E-state index contributed by atoms with van der Waals surface area (Å²) in [4.78, 5) is 9.53. The quantitative estimate of drug-likeness (QED) is 0.409. The fraction of sp³-hybridized carbons (Fsp3) is 0.520. The van der Waals surface area contributed by atoms with E-state index in [2.05, 4.69) is 15.5 Å². The Morgan fingerprint density at radius 2 is 1.61 bits per heavy atom. The van der Waals surface area contributed by atoms with Crippen LogP contribution >= 0.6 is 0 Å². The Kier molecular flexibility index (Phi) is 12.3. The molecular weight excluding hydrogens is 433 g/mol. The van der Waals surface area contributed by atoms with Crippen LogP contribution in [0, 0.1) is 29.8 Å². The molecule has 1 saturated carbocycles. The molecule has 3 N–H and O–H groups in total. The Labute approximate surface area is 195 Å². The van der Waals surface area contributed by atoms with Crippen molar-refractivity contribution >= 4 is 17.1 Å². The fourth-order valence-corrected chi connectivity index (χ4v) is 3.27. The zero-order chi connectivity index (χ0) is 25.0. The molecule has 1 aliphatic heterocycles. The van der Waals surface area contributed by atoms with Crippen LogP contribution in [0.5, 0.6) is 0 Å². The molecule has 5 nitrogen and oxygen atoms in total. The summed E-state index contributed by atoms with van der Waals surface area (Å²) in [5, 5.41) is 14.0. The normalized spacial score (nSPS) is 17.0. The second kappa shape index (κ2) is 14.1. The number of benzene rings is 2. The highest BCUT2D eigenvalue weighted by Gasteiger charge is 2.53. The Hall–Kier alpha value is -2.29. The lowest BCUT2D eigenvalue weighted by molar-refractivity contribution is -0.438. The summed E-state index contributed by atoms with van der Waals surface area (Å²) in [5.41, 5.74) is 1.36. The van der Waals surface area contributed by atoms with E-state index >= 15 is 0 Å². The molecule has 1 heterocycles. The summed E-state index contributed by atoms with van der Waals surface area (Å²) in [6.45, 7) is 10.7. The van der Waals surface area contributed by atoms with Gasteiger partial charge in [-0.15, -0.1) is 0 Å². The lowest BCUT2D eigenvalue weighted by atomic mass is 9.95. The number of aliphatic hydroxyl groups is 1. The topological polar surface area (TPSA) is 62.8 Å². The van der Waals surface area contributed by atoms with Crippen molar-refractivity contribution in [1.82, 2.24) is 0 Å². The average Bonchev–Trinajstić information content (AvgIpc) is 3.55. The van der Waals surface area contributed by atoms with Crippen LogP contribution < -0.4 is 10.6 Å². The zero-order valence-electron chi connectivity index (χ0n) is 20.4. The summed E-state index contributed by atoms with van der Waals surface area (Å²) in [7, 11) is 1.57. The van der Waals surface area contributed by atoms with Crippen LogP contribution in [-0.2, 0) is 9.78 Å². The van der Waals surface area contributed by atoms with Crippen molar-refractivity contribution < 1.29 is 28.1 Å². The van der Waals surface area contributed by atoms with E-state index in [-0.39, 0.29) is 24.1 Å². The molecule has 0 radical (unpaired) electrons. The van der Waals surface area contributed by atoms with E-state index in [0.717, 1.165) is 24.7 Å². The summed E-state index contributed by atoms with van der Waals surface area (Å²) in [6, 6.07) is 6.87. The second-order valence-electron chi connectivity index (χ2n) is 7.35. The standard InChI is InChI=1S/C14H13F3N2.C7H12O3.2C2H6/c1-8-3-5-11(10(16)7-8)19-14-12(18-2)6-4-9(15)13(14)17;8-4-3-7(1-2-7)6-5-9-10-6;2*1-2/h3-7,18-19H,1-2H3;6,8H,1-5H2;2*1-2H3. The van der Waals surface area contributed by atoms with Crippen LogP contribution in [0.4, 0.5) is 30.2 Å². The Bertz CT molecular complexity index is 857. The highest BCUT2D eigenvalue weighted by molar-refractivity contribution is 5.75. The number of aliphatic hydroxyl groups excluding tert-OH is 1. The zero-order valence-corrected chi connectivity index (χ0v) is 20.4. The van der Waals surface area contributed by atoms with Gasteiger partial charge in [-0.3, -0.25) is 0 Å². The molecule has 0 bridgehead atoms. The van der Waals surface area contributed by atoms with Gasteiger partial charge in [0.2, 0.25) is 0 Å². The smallest absolute Gasteiger partial charge is 0.184 e. The Morgan fingerprint density at radius 3 is 2.06 bits per heavy atom. The maximum Gasteiger partial charge on any atom is 0.184 e. The SMILES string of the molecule is CC.CC.CNc1ccc(F)c(F)c1Nc1ccc(C)cc1F.OCCC1(C2COO2)CC1. The molecule has 1 atom stereocenters. The lowest BCUT2D eigenvalue weighted by Crippen LogP contribution is -2.39. The van der Waals surface area contributed by atoms with Gasteiger partial charge in [0.25, 0.3) is 0 Å². The molecule has 1 aliphatic carbocycles. The Balaban J connectivity index is 0.000000325. The van der Waals surface area contributed by atoms with E-state index in [9.17, 15) is 13.2 Å². The van der Waals surface area contributed by atoms with Gasteiger partial charge in [-0.2, -0.15) is 0 Å². The van der Waals surface area contributed by atoms with Gasteiger partial charge in [0.05, 0.1) is 11.4 Å². The van der Waals surface area contributed by atoms with Crippen LogP contribution in [0.2, 0.25) is 0 Å². The number of hydrogen-bond donors (Lipinski definition) is 3. The van der Waals surface area contributed by atoms with Gasteiger partial charge >= 0.3 is 0 Å². The van der Waals surface area contributed by atoms with Crippen molar-refractivity contribution in [3.8, 4) is 0 Å². The third kappa shape index (κ3) is 7.62. The molecule has 4 rings (SSSR count). The van der Waals surface area contributed by atoms with Crippen molar-refractivity contribution in [3.05, 3.63) is 53.3 Å². The van der Waals surface area contributed by atoms with Crippen LogP contribution in [0.15, 0.2) is 30.3 Å². The van der Waals surface area contributed by atoms with Crippen molar-refractivity contribution in [2.75, 3.05) is 30.9 Å². The van der Waals surface area contributed by atoms with Crippen molar-refractivity contribution in [3.63, 3.8) is 0 Å². The first-order chi connectivity index (χ1) is 15.9. The van der Waals surface area contributed by atoms with Crippen LogP contribution in [-0.4, -0.2) is 31.5 Å². The molecule has 2 aliphatic rings. The molecular formula is C25H37F3N2O3. The molecule has 1 saturated heterocycles. The average molecular weight is 471 g/mol. The first kappa shape index (κ1) is 28.7. The minimum Gasteiger partial charge on any atom is -0.396 e. The molecule has 0 aromatic heterocycles. The van der Waals surface area contributed by atoms with Gasteiger partial charge in [-0.25, -0.2) is 22.9 Å². The van der Waals surface area contributed by atoms with Crippen molar-refractivity contribution in [1.29, 1.82) is 0 Å². The number of hydrogen-bond acceptors (Lipinski definition) is 5. The first-order valence-corrected chi connectivity index (χ1v) is 11.5. The minimum absolute atomic E-state index is 0.0894. The summed E-state index contributed by atoms with van der Waals surface area (Å²) in [5.74, 6) is -2.56. The minimum atomic E-state index is -1.05. The molecule has 2 fully saturated rings. The molecule has 186 valence electrons. The van der Waals surface area contributed by atoms with Crippen LogP contribution in [0.1, 0.15) is 52.5 Å². The highest BCUT2D eigenvalue weighted by atomic mass is 19.2. The first-order valence-electron chi connectivity index (χ1n) is 11.5. The van der Waals surface area contributed by atoms with Gasteiger partial charge in [0, 0.05) is 19.1 Å². The number of aryl methyl sites for hydroxylation is 1. The number of nitrogens with one attached hydrogen (secondary N) is 2. The monoisotopic (exact) mass is 470 g/mol. The third-order valence-electron chi connectivity index (χ3n) is 5.34. The highest BCUT2D eigenvalue weighted by Crippen LogP contribution is 2.54. The van der Waals surface area contributed by atoms with E-state index in [1.54, 1.807) is 20.0 Å². The van der Waals surface area contributed by atoms with E-state index in [4.69, 9.17) is 9.99 Å². The maximum absolute atomic E-state index is 13.7. The summed E-state index contributed by atoms with van der Waals surface area (Å²) in [6.07, 6.45) is 3.55. The molecule has 0 amide bonds. The molecule has 8 heteroatoms. The van der Waals surface area contributed by atoms with Gasteiger partial charge in [0.15, 0.2) is 11.6 Å². The fourth-order valence-electron chi connectivity index (χ4n) is 3.27. The van der Waals surface area contributed by atoms with Crippen LogP contribution in [0.3, 0.4) is 0 Å². The molecule has 2 aromatic carbocycles. The predicted octanol–water partition coefficient (Wildman–Crippen LogP) is 6.73. The van der Waals surface area contributed by atoms with Crippen molar-refractivity contribution in [2.24, 2.45) is 5.41 Å². The van der Waals surface area contributed by atoms with Crippen LogP contribution in [0.25, 0.3) is 0 Å². The van der Waals surface area contributed by atoms with Gasteiger partial charge in [0.1, 0.15) is 24.2 Å².